The molecule has 0 bridgehead atoms. The van der Waals surface area contributed by atoms with Gasteiger partial charge in [-0.2, -0.15) is 0 Å². The van der Waals surface area contributed by atoms with Crippen LogP contribution in [-0.2, 0) is 0 Å². The van der Waals surface area contributed by atoms with Gasteiger partial charge in [-0.25, -0.2) is 4.39 Å². The van der Waals surface area contributed by atoms with Crippen molar-refractivity contribution in [2.75, 3.05) is 0 Å². The van der Waals surface area contributed by atoms with Gasteiger partial charge < -0.3 is 4.74 Å². The molecule has 0 radical (unpaired) electrons. The third-order valence-electron chi connectivity index (χ3n) is 1.73. The summed E-state index contributed by atoms with van der Waals surface area (Å²) in [5.41, 5.74) is 0. The average Bonchev–Trinajstić information content (AvgIpc) is 2.27. The topological polar surface area (TPSA) is 35.0 Å². The van der Waals surface area contributed by atoms with E-state index in [1.165, 1.54) is 30.3 Å². The van der Waals surface area contributed by atoms with Crippen molar-refractivity contribution in [3.63, 3.8) is 0 Å². The Balaban J connectivity index is 2.26. The minimum atomic E-state index is -0.343. The van der Waals surface area contributed by atoms with E-state index in [1.54, 1.807) is 0 Å². The molecule has 0 fully saturated rings. The third kappa shape index (κ3) is 2.59. The molecule has 2 aromatic rings. The van der Waals surface area contributed by atoms with Crippen molar-refractivity contribution < 1.29 is 9.13 Å². The molecule has 6 heteroatoms. The quantitative estimate of drug-likeness (QED) is 0.824. The lowest BCUT2D eigenvalue weighted by Crippen LogP contribution is -1.90. The standard InChI is InChI=1S/C10H5Cl2FN2O/c11-9-5-8(10(12)15-14-9)16-7-3-1-6(13)2-4-7/h1-5H. The summed E-state index contributed by atoms with van der Waals surface area (Å²) in [5, 5.41) is 7.37. The SMILES string of the molecule is Fc1ccc(Oc2cc(Cl)nnc2Cl)cc1. The Morgan fingerprint density at radius 1 is 1.06 bits per heavy atom. The minimum absolute atomic E-state index is 0.0914. The Morgan fingerprint density at radius 3 is 2.44 bits per heavy atom. The molecular weight excluding hydrogens is 254 g/mol. The van der Waals surface area contributed by atoms with Crippen LogP contribution < -0.4 is 4.74 Å². The fourth-order valence-electron chi connectivity index (χ4n) is 1.04. The number of halogens is 3. The van der Waals surface area contributed by atoms with Crippen LogP contribution in [0.15, 0.2) is 30.3 Å². The maximum atomic E-state index is 12.6. The summed E-state index contributed by atoms with van der Waals surface area (Å²) < 4.78 is 18.0. The monoisotopic (exact) mass is 258 g/mol. The molecule has 16 heavy (non-hydrogen) atoms. The molecule has 0 N–H and O–H groups in total. The number of nitrogens with zero attached hydrogens (tertiary/aromatic N) is 2. The van der Waals surface area contributed by atoms with Gasteiger partial charge in [0.05, 0.1) is 0 Å². The van der Waals surface area contributed by atoms with Crippen LogP contribution in [0.2, 0.25) is 10.3 Å². The molecule has 0 aliphatic rings. The first-order valence-electron chi connectivity index (χ1n) is 4.27. The van der Waals surface area contributed by atoms with Gasteiger partial charge in [-0.1, -0.05) is 23.2 Å². The Labute approximate surface area is 101 Å². The highest BCUT2D eigenvalue weighted by Gasteiger charge is 2.06. The second-order valence-electron chi connectivity index (χ2n) is 2.88. The van der Waals surface area contributed by atoms with Gasteiger partial charge in [0.2, 0.25) is 0 Å². The van der Waals surface area contributed by atoms with Gasteiger partial charge in [0.1, 0.15) is 11.6 Å². The van der Waals surface area contributed by atoms with Gasteiger partial charge in [-0.05, 0) is 24.3 Å². The van der Waals surface area contributed by atoms with Crippen LogP contribution in [-0.4, -0.2) is 10.2 Å². The molecule has 1 heterocycles. The van der Waals surface area contributed by atoms with Crippen molar-refractivity contribution in [2.45, 2.75) is 0 Å². The van der Waals surface area contributed by atoms with E-state index in [4.69, 9.17) is 27.9 Å². The molecule has 82 valence electrons. The lowest BCUT2D eigenvalue weighted by Gasteiger charge is -2.06. The lowest BCUT2D eigenvalue weighted by atomic mass is 10.3. The van der Waals surface area contributed by atoms with Crippen LogP contribution in [0.5, 0.6) is 11.5 Å². The molecule has 0 saturated heterocycles. The Kier molecular flexibility index (Phi) is 3.22. The Bertz CT molecular complexity index is 505. The highest BCUT2D eigenvalue weighted by atomic mass is 35.5. The summed E-state index contributed by atoms with van der Waals surface area (Å²) in [6, 6.07) is 6.93. The second kappa shape index (κ2) is 4.63. The fraction of sp³-hybridized carbons (Fsp3) is 0. The lowest BCUT2D eigenvalue weighted by molar-refractivity contribution is 0.477. The molecule has 3 nitrogen and oxygen atoms in total. The Hall–Kier alpha value is -1.39. The van der Waals surface area contributed by atoms with Crippen molar-refractivity contribution in [3.05, 3.63) is 46.5 Å². The van der Waals surface area contributed by atoms with Crippen LogP contribution in [0.25, 0.3) is 0 Å². The smallest absolute Gasteiger partial charge is 0.194 e. The van der Waals surface area contributed by atoms with E-state index in [0.717, 1.165) is 0 Å². The maximum Gasteiger partial charge on any atom is 0.194 e. The van der Waals surface area contributed by atoms with Crippen LogP contribution in [0, 0.1) is 5.82 Å². The van der Waals surface area contributed by atoms with Crippen LogP contribution >= 0.6 is 23.2 Å². The van der Waals surface area contributed by atoms with Gasteiger partial charge >= 0.3 is 0 Å². The van der Waals surface area contributed by atoms with E-state index in [1.807, 2.05) is 0 Å². The van der Waals surface area contributed by atoms with Gasteiger partial charge in [0, 0.05) is 6.07 Å². The normalized spacial score (nSPS) is 10.2. The molecule has 0 unspecified atom stereocenters. The predicted molar refractivity (Wildman–Crippen MR) is 58.5 cm³/mol. The highest BCUT2D eigenvalue weighted by molar-refractivity contribution is 6.32. The maximum absolute atomic E-state index is 12.6. The first-order chi connectivity index (χ1) is 7.65. The second-order valence-corrected chi connectivity index (χ2v) is 3.62. The van der Waals surface area contributed by atoms with E-state index >= 15 is 0 Å². The van der Waals surface area contributed by atoms with Gasteiger partial charge in [0.15, 0.2) is 16.1 Å². The molecule has 0 aliphatic heterocycles. The minimum Gasteiger partial charge on any atom is -0.454 e. The number of hydrogen-bond acceptors (Lipinski definition) is 3. The molecule has 0 amide bonds. The molecule has 0 spiro atoms. The fourth-order valence-corrected chi connectivity index (χ4v) is 1.31. The van der Waals surface area contributed by atoms with Crippen molar-refractivity contribution in [1.82, 2.24) is 10.2 Å². The molecule has 1 aromatic carbocycles. The molecule has 0 saturated carbocycles. The largest absolute Gasteiger partial charge is 0.454 e. The number of aromatic nitrogens is 2. The molecular formula is C10H5Cl2FN2O. The van der Waals surface area contributed by atoms with E-state index in [-0.39, 0.29) is 21.9 Å². The number of ether oxygens (including phenoxy) is 1. The zero-order chi connectivity index (χ0) is 11.5. The van der Waals surface area contributed by atoms with Crippen molar-refractivity contribution in [1.29, 1.82) is 0 Å². The number of benzene rings is 1. The molecule has 0 aliphatic carbocycles. The first-order valence-corrected chi connectivity index (χ1v) is 5.03. The molecule has 2 rings (SSSR count). The van der Waals surface area contributed by atoms with Crippen LogP contribution in [0.3, 0.4) is 0 Å². The molecule has 1 aromatic heterocycles. The highest BCUT2D eigenvalue weighted by Crippen LogP contribution is 2.28. The third-order valence-corrected chi connectivity index (χ3v) is 2.17. The van der Waals surface area contributed by atoms with Gasteiger partial charge in [-0.15, -0.1) is 10.2 Å². The predicted octanol–water partition coefficient (Wildman–Crippen LogP) is 3.71. The van der Waals surface area contributed by atoms with Crippen LogP contribution in [0.4, 0.5) is 4.39 Å². The summed E-state index contributed by atoms with van der Waals surface area (Å²) in [5.74, 6) is 0.366. The van der Waals surface area contributed by atoms with E-state index in [9.17, 15) is 4.39 Å². The van der Waals surface area contributed by atoms with Gasteiger partial charge in [0.25, 0.3) is 0 Å². The Morgan fingerprint density at radius 2 is 1.75 bits per heavy atom. The van der Waals surface area contributed by atoms with Crippen molar-refractivity contribution >= 4 is 23.2 Å². The zero-order valence-corrected chi connectivity index (χ0v) is 9.34. The summed E-state index contributed by atoms with van der Waals surface area (Å²) in [6.45, 7) is 0. The first kappa shape index (κ1) is 11.1. The van der Waals surface area contributed by atoms with Crippen molar-refractivity contribution in [2.24, 2.45) is 0 Å². The zero-order valence-electron chi connectivity index (χ0n) is 7.82. The van der Waals surface area contributed by atoms with E-state index in [2.05, 4.69) is 10.2 Å². The summed E-state index contributed by atoms with van der Waals surface area (Å²) in [6.07, 6.45) is 0. The van der Waals surface area contributed by atoms with Crippen LogP contribution in [0.1, 0.15) is 0 Å². The van der Waals surface area contributed by atoms with Gasteiger partial charge in [-0.3, -0.25) is 0 Å². The summed E-state index contributed by atoms with van der Waals surface area (Å²) >= 11 is 11.4. The molecule has 0 atom stereocenters. The van der Waals surface area contributed by atoms with Crippen molar-refractivity contribution in [3.8, 4) is 11.5 Å². The summed E-state index contributed by atoms with van der Waals surface area (Å²) in [4.78, 5) is 0. The average molecular weight is 259 g/mol. The summed E-state index contributed by atoms with van der Waals surface area (Å²) in [7, 11) is 0. The number of hydrogen-bond donors (Lipinski definition) is 0. The number of rotatable bonds is 2. The van der Waals surface area contributed by atoms with E-state index in [0.29, 0.717) is 5.75 Å². The van der Waals surface area contributed by atoms with E-state index < -0.39 is 0 Å².